The molecule has 2 nitrogen and oxygen atoms in total. The van der Waals surface area contributed by atoms with Gasteiger partial charge < -0.3 is 9.47 Å². The van der Waals surface area contributed by atoms with E-state index in [1.54, 1.807) is 7.11 Å². The molecule has 0 radical (unpaired) electrons. The number of rotatable bonds is 7. The highest BCUT2D eigenvalue weighted by Gasteiger charge is 2.25. The van der Waals surface area contributed by atoms with Gasteiger partial charge in [0, 0.05) is 11.9 Å². The normalized spacial score (nSPS) is 13.4. The fourth-order valence-corrected chi connectivity index (χ4v) is 3.01. The Balaban J connectivity index is 2.86. The predicted molar refractivity (Wildman–Crippen MR) is 79.8 cm³/mol. The molecule has 0 fully saturated rings. The number of halogens is 1. The van der Waals surface area contributed by atoms with Crippen LogP contribution in [0.4, 0.5) is 0 Å². The van der Waals surface area contributed by atoms with E-state index in [0.29, 0.717) is 18.0 Å². The van der Waals surface area contributed by atoms with Crippen LogP contribution in [-0.2, 0) is 10.2 Å². The summed E-state index contributed by atoms with van der Waals surface area (Å²) in [5.41, 5.74) is 1.35. The summed E-state index contributed by atoms with van der Waals surface area (Å²) in [4.78, 5) is 0.486. The van der Waals surface area contributed by atoms with Gasteiger partial charge in [0.15, 0.2) is 0 Å². The van der Waals surface area contributed by atoms with Crippen molar-refractivity contribution >= 4 is 15.9 Å². The maximum Gasteiger partial charge on any atom is 0.123 e. The van der Waals surface area contributed by atoms with E-state index in [-0.39, 0.29) is 5.41 Å². The van der Waals surface area contributed by atoms with Gasteiger partial charge in [0.05, 0.1) is 6.61 Å². The largest absolute Gasteiger partial charge is 0.491 e. The molecule has 0 aliphatic carbocycles. The van der Waals surface area contributed by atoms with Crippen molar-refractivity contribution in [3.8, 4) is 5.75 Å². The molecule has 1 atom stereocenters. The summed E-state index contributed by atoms with van der Waals surface area (Å²) < 4.78 is 10.8. The van der Waals surface area contributed by atoms with Crippen molar-refractivity contribution in [2.45, 2.75) is 37.4 Å². The first kappa shape index (κ1) is 15.5. The molecule has 0 spiro atoms. The van der Waals surface area contributed by atoms with Crippen molar-refractivity contribution in [3.63, 3.8) is 0 Å². The Morgan fingerprint density at radius 2 is 1.89 bits per heavy atom. The second kappa shape index (κ2) is 7.15. The molecule has 0 saturated carbocycles. The van der Waals surface area contributed by atoms with Gasteiger partial charge >= 0.3 is 0 Å². The van der Waals surface area contributed by atoms with Crippen LogP contribution in [0.5, 0.6) is 5.75 Å². The van der Waals surface area contributed by atoms with Crippen LogP contribution in [0, 0.1) is 0 Å². The summed E-state index contributed by atoms with van der Waals surface area (Å²) in [7, 11) is 1.69. The SMILES string of the molecule is COCCOc1ccccc1C(C)(C)CC(C)Br. The maximum atomic E-state index is 5.81. The number of hydrogen-bond donors (Lipinski definition) is 0. The van der Waals surface area contributed by atoms with E-state index < -0.39 is 0 Å². The van der Waals surface area contributed by atoms with Gasteiger partial charge in [-0.2, -0.15) is 0 Å². The molecular formula is C15H23BrO2. The van der Waals surface area contributed by atoms with Gasteiger partial charge in [-0.15, -0.1) is 0 Å². The first-order valence-corrected chi connectivity index (χ1v) is 7.24. The average molecular weight is 315 g/mol. The third kappa shape index (κ3) is 4.62. The lowest BCUT2D eigenvalue weighted by Gasteiger charge is -2.28. The Hall–Kier alpha value is -0.540. The van der Waals surface area contributed by atoms with Gasteiger partial charge in [-0.3, -0.25) is 0 Å². The highest BCUT2D eigenvalue weighted by Crippen LogP contribution is 2.36. The van der Waals surface area contributed by atoms with Crippen LogP contribution < -0.4 is 4.74 Å². The van der Waals surface area contributed by atoms with Crippen molar-refractivity contribution in [1.29, 1.82) is 0 Å². The molecule has 1 rings (SSSR count). The predicted octanol–water partition coefficient (Wildman–Crippen LogP) is 4.16. The second-order valence-electron chi connectivity index (χ2n) is 5.21. The van der Waals surface area contributed by atoms with Crippen LogP contribution in [0.15, 0.2) is 24.3 Å². The van der Waals surface area contributed by atoms with Crippen LogP contribution >= 0.6 is 15.9 Å². The van der Waals surface area contributed by atoms with Crippen molar-refractivity contribution in [1.82, 2.24) is 0 Å². The molecule has 1 aromatic rings. The van der Waals surface area contributed by atoms with Crippen LogP contribution in [0.1, 0.15) is 32.8 Å². The zero-order chi connectivity index (χ0) is 13.6. The summed E-state index contributed by atoms with van der Waals surface area (Å²) in [5, 5.41) is 0. The van der Waals surface area contributed by atoms with Gasteiger partial charge in [0.1, 0.15) is 12.4 Å². The molecule has 102 valence electrons. The van der Waals surface area contributed by atoms with E-state index in [1.165, 1.54) is 5.56 Å². The minimum absolute atomic E-state index is 0.0899. The Morgan fingerprint density at radius 3 is 2.50 bits per heavy atom. The first-order valence-electron chi connectivity index (χ1n) is 6.32. The van der Waals surface area contributed by atoms with Crippen LogP contribution in [-0.4, -0.2) is 25.2 Å². The van der Waals surface area contributed by atoms with Crippen molar-refractivity contribution < 1.29 is 9.47 Å². The maximum absolute atomic E-state index is 5.81. The number of hydrogen-bond acceptors (Lipinski definition) is 2. The van der Waals surface area contributed by atoms with Crippen LogP contribution in [0.2, 0.25) is 0 Å². The van der Waals surface area contributed by atoms with Gasteiger partial charge in [0.2, 0.25) is 0 Å². The fourth-order valence-electron chi connectivity index (χ4n) is 2.20. The van der Waals surface area contributed by atoms with Crippen LogP contribution in [0.25, 0.3) is 0 Å². The Labute approximate surface area is 119 Å². The van der Waals surface area contributed by atoms with Gasteiger partial charge in [0.25, 0.3) is 0 Å². The van der Waals surface area contributed by atoms with Crippen molar-refractivity contribution in [3.05, 3.63) is 29.8 Å². The second-order valence-corrected chi connectivity index (χ2v) is 6.77. The van der Waals surface area contributed by atoms with E-state index in [4.69, 9.17) is 9.47 Å². The Kier molecular flexibility index (Phi) is 6.16. The van der Waals surface area contributed by atoms with E-state index >= 15 is 0 Å². The monoisotopic (exact) mass is 314 g/mol. The van der Waals surface area contributed by atoms with E-state index in [2.05, 4.69) is 48.8 Å². The topological polar surface area (TPSA) is 18.5 Å². The third-order valence-corrected chi connectivity index (χ3v) is 3.28. The lowest BCUT2D eigenvalue weighted by molar-refractivity contribution is 0.145. The molecule has 0 aromatic heterocycles. The lowest BCUT2D eigenvalue weighted by Crippen LogP contribution is -2.22. The molecule has 0 aliphatic rings. The summed E-state index contributed by atoms with van der Waals surface area (Å²) in [5.74, 6) is 0.965. The molecule has 0 N–H and O–H groups in total. The molecule has 0 saturated heterocycles. The molecule has 0 aliphatic heterocycles. The minimum atomic E-state index is 0.0899. The number of alkyl halides is 1. The van der Waals surface area contributed by atoms with E-state index in [9.17, 15) is 0 Å². The number of methoxy groups -OCH3 is 1. The van der Waals surface area contributed by atoms with Crippen molar-refractivity contribution in [2.75, 3.05) is 20.3 Å². The molecule has 0 bridgehead atoms. The molecule has 3 heteroatoms. The Morgan fingerprint density at radius 1 is 1.22 bits per heavy atom. The summed E-state index contributed by atoms with van der Waals surface area (Å²) in [6, 6.07) is 8.27. The zero-order valence-electron chi connectivity index (χ0n) is 11.7. The number of benzene rings is 1. The van der Waals surface area contributed by atoms with Crippen LogP contribution in [0.3, 0.4) is 0 Å². The highest BCUT2D eigenvalue weighted by atomic mass is 79.9. The smallest absolute Gasteiger partial charge is 0.123 e. The minimum Gasteiger partial charge on any atom is -0.491 e. The molecule has 0 amide bonds. The zero-order valence-corrected chi connectivity index (χ0v) is 13.3. The molecule has 1 unspecified atom stereocenters. The fraction of sp³-hybridized carbons (Fsp3) is 0.600. The molecule has 0 heterocycles. The van der Waals surface area contributed by atoms with E-state index in [1.807, 2.05) is 12.1 Å². The van der Waals surface area contributed by atoms with Gasteiger partial charge in [-0.05, 0) is 23.5 Å². The molecule has 1 aromatic carbocycles. The molecular weight excluding hydrogens is 292 g/mol. The van der Waals surface area contributed by atoms with Gasteiger partial charge in [-0.25, -0.2) is 0 Å². The standard InChI is InChI=1S/C15H23BrO2/c1-12(16)11-15(2,3)13-7-5-6-8-14(13)18-10-9-17-4/h5-8,12H,9-11H2,1-4H3. The number of ether oxygens (including phenoxy) is 2. The summed E-state index contributed by atoms with van der Waals surface area (Å²) in [6.07, 6.45) is 1.07. The summed E-state index contributed by atoms with van der Waals surface area (Å²) in [6.45, 7) is 7.89. The Bertz CT molecular complexity index is 361. The third-order valence-electron chi connectivity index (χ3n) is 2.95. The van der Waals surface area contributed by atoms with Gasteiger partial charge in [-0.1, -0.05) is 54.9 Å². The quantitative estimate of drug-likeness (QED) is 0.555. The van der Waals surface area contributed by atoms with E-state index in [0.717, 1.165) is 12.2 Å². The molecule has 18 heavy (non-hydrogen) atoms. The lowest BCUT2D eigenvalue weighted by atomic mass is 9.80. The average Bonchev–Trinajstić information content (AvgIpc) is 2.28. The summed E-state index contributed by atoms with van der Waals surface area (Å²) >= 11 is 3.64. The first-order chi connectivity index (χ1) is 8.47. The van der Waals surface area contributed by atoms with Crippen molar-refractivity contribution in [2.24, 2.45) is 0 Å². The number of para-hydroxylation sites is 1. The highest BCUT2D eigenvalue weighted by molar-refractivity contribution is 9.09.